The molecule has 172 valence electrons. The first-order valence-corrected chi connectivity index (χ1v) is 12.3. The first-order valence-electron chi connectivity index (χ1n) is 10.6. The van der Waals surface area contributed by atoms with E-state index in [9.17, 15) is 13.2 Å². The van der Waals surface area contributed by atoms with E-state index in [0.717, 1.165) is 6.42 Å². The molecule has 10 heteroatoms. The van der Waals surface area contributed by atoms with Crippen LogP contribution in [0.15, 0.2) is 17.0 Å². The Hall–Kier alpha value is -2.43. The van der Waals surface area contributed by atoms with Gasteiger partial charge >= 0.3 is 0 Å². The van der Waals surface area contributed by atoms with E-state index in [-0.39, 0.29) is 36.3 Å². The fraction of sp³-hybridized carbons (Fsp3) is 0.500. The van der Waals surface area contributed by atoms with Crippen LogP contribution in [0.3, 0.4) is 0 Å². The van der Waals surface area contributed by atoms with Gasteiger partial charge in [-0.3, -0.25) is 4.79 Å². The summed E-state index contributed by atoms with van der Waals surface area (Å²) in [5.74, 6) is -1.58. The van der Waals surface area contributed by atoms with Crippen LogP contribution in [0.2, 0.25) is 0 Å². The van der Waals surface area contributed by atoms with E-state index in [0.29, 0.717) is 47.2 Å². The second kappa shape index (κ2) is 7.29. The van der Waals surface area contributed by atoms with E-state index >= 15 is 4.39 Å². The molecule has 3 aliphatic heterocycles. The first-order chi connectivity index (χ1) is 15.1. The number of nitrogens with two attached hydrogens (primary N) is 1. The molecule has 8 nitrogen and oxygen atoms in total. The molecule has 1 saturated heterocycles. The van der Waals surface area contributed by atoms with Gasteiger partial charge in [0.1, 0.15) is 5.82 Å². The number of sulfone groups is 1. The molecule has 1 aromatic carbocycles. The van der Waals surface area contributed by atoms with Crippen LogP contribution in [0.25, 0.3) is 5.69 Å². The van der Waals surface area contributed by atoms with Crippen molar-refractivity contribution in [2.24, 2.45) is 11.1 Å². The Morgan fingerprint density at radius 1 is 1.25 bits per heavy atom. The highest BCUT2D eigenvalue weighted by Crippen LogP contribution is 2.44. The van der Waals surface area contributed by atoms with E-state index in [1.807, 2.05) is 13.8 Å². The predicted octanol–water partition coefficient (Wildman–Crippen LogP) is 2.30. The number of hydrogen-bond acceptors (Lipinski definition) is 6. The molecule has 0 bridgehead atoms. The van der Waals surface area contributed by atoms with Gasteiger partial charge in [0.2, 0.25) is 0 Å². The number of aromatic nitrogens is 1. The smallest absolute Gasteiger partial charge is 0.253 e. The van der Waals surface area contributed by atoms with Crippen molar-refractivity contribution in [2.75, 3.05) is 24.3 Å². The molecule has 0 spiro atoms. The number of hydrogen-bond donors (Lipinski definition) is 2. The number of carbonyl (C=O) groups is 1. The monoisotopic (exact) mass is 463 g/mol. The lowest BCUT2D eigenvalue weighted by Crippen LogP contribution is -2.33. The number of ether oxygens (including phenoxy) is 2. The molecule has 0 radical (unpaired) electrons. The number of nitrogens with zero attached hydrogens (tertiary/aromatic N) is 1. The summed E-state index contributed by atoms with van der Waals surface area (Å²) in [6, 6.07) is 2.83. The van der Waals surface area contributed by atoms with Crippen molar-refractivity contribution in [3.63, 3.8) is 0 Å². The number of fused-ring (bicyclic) bond motifs is 3. The number of nitrogens with one attached hydrogen (secondary N) is 1. The van der Waals surface area contributed by atoms with Gasteiger partial charge in [0.05, 0.1) is 59.1 Å². The minimum absolute atomic E-state index is 0.0485. The second-order valence-electron chi connectivity index (χ2n) is 9.55. The van der Waals surface area contributed by atoms with Gasteiger partial charge in [-0.25, -0.2) is 12.8 Å². The molecule has 1 amide bonds. The molecule has 3 aliphatic rings. The van der Waals surface area contributed by atoms with Gasteiger partial charge in [-0.1, -0.05) is 13.8 Å². The van der Waals surface area contributed by atoms with Crippen LogP contribution in [0.5, 0.6) is 0 Å². The van der Waals surface area contributed by atoms with Gasteiger partial charge in [0.15, 0.2) is 9.84 Å². The van der Waals surface area contributed by atoms with Gasteiger partial charge in [-0.05, 0) is 30.4 Å². The molecule has 5 rings (SSSR count). The highest BCUT2D eigenvalue weighted by atomic mass is 32.2. The summed E-state index contributed by atoms with van der Waals surface area (Å²) in [6.45, 7) is 5.28. The Morgan fingerprint density at radius 2 is 2.03 bits per heavy atom. The fourth-order valence-corrected chi connectivity index (χ4v) is 7.49. The number of carbonyl (C=O) groups excluding carboxylic acids is 1. The Bertz CT molecular complexity index is 1230. The first kappa shape index (κ1) is 21.4. The molecule has 2 aromatic rings. The maximum atomic E-state index is 15.2. The number of anilines is 1. The van der Waals surface area contributed by atoms with Crippen LogP contribution < -0.4 is 11.1 Å². The Morgan fingerprint density at radius 3 is 2.72 bits per heavy atom. The van der Waals surface area contributed by atoms with Crippen molar-refractivity contribution < 1.29 is 27.1 Å². The zero-order valence-electron chi connectivity index (χ0n) is 18.0. The van der Waals surface area contributed by atoms with Gasteiger partial charge in [0, 0.05) is 17.9 Å². The van der Waals surface area contributed by atoms with Crippen molar-refractivity contribution in [1.29, 1.82) is 0 Å². The quantitative estimate of drug-likeness (QED) is 0.720. The molecule has 1 aromatic heterocycles. The average molecular weight is 464 g/mol. The number of rotatable bonds is 4. The predicted molar refractivity (Wildman–Crippen MR) is 115 cm³/mol. The van der Waals surface area contributed by atoms with Gasteiger partial charge in [-0.2, -0.15) is 0 Å². The van der Waals surface area contributed by atoms with E-state index < -0.39 is 27.0 Å². The van der Waals surface area contributed by atoms with Crippen LogP contribution in [0, 0.1) is 11.2 Å². The summed E-state index contributed by atoms with van der Waals surface area (Å²) in [7, 11) is -3.52. The molecular weight excluding hydrogens is 437 g/mol. The highest BCUT2D eigenvalue weighted by molar-refractivity contribution is 7.91. The molecule has 1 fully saturated rings. The third-order valence-electron chi connectivity index (χ3n) is 6.32. The van der Waals surface area contributed by atoms with Gasteiger partial charge in [-0.15, -0.1) is 0 Å². The Kier molecular flexibility index (Phi) is 4.88. The van der Waals surface area contributed by atoms with Crippen LogP contribution in [0.1, 0.15) is 47.6 Å². The van der Waals surface area contributed by atoms with Crippen LogP contribution in [-0.2, 0) is 38.9 Å². The zero-order valence-corrected chi connectivity index (χ0v) is 18.9. The SMILES string of the molecule is CC1(C)Cc2c(c3c(n2-c2cc(F)c(C(N)=O)c(NC4CCOC4)c2)COC3)S(=O)(=O)C1. The summed E-state index contributed by atoms with van der Waals surface area (Å²) in [6.07, 6.45) is 1.24. The lowest BCUT2D eigenvalue weighted by molar-refractivity contribution is 0.0997. The van der Waals surface area contributed by atoms with E-state index in [2.05, 4.69) is 5.32 Å². The van der Waals surface area contributed by atoms with Crippen molar-refractivity contribution in [3.05, 3.63) is 40.5 Å². The molecule has 3 N–H and O–H groups in total. The number of primary amides is 1. The summed E-state index contributed by atoms with van der Waals surface area (Å²) < 4.78 is 54.3. The fourth-order valence-electron chi connectivity index (χ4n) is 5.14. The van der Waals surface area contributed by atoms with Crippen molar-refractivity contribution in [2.45, 2.75) is 50.8 Å². The lowest BCUT2D eigenvalue weighted by Gasteiger charge is -2.31. The van der Waals surface area contributed by atoms with Crippen LogP contribution >= 0.6 is 0 Å². The summed E-state index contributed by atoms with van der Waals surface area (Å²) in [5, 5.41) is 3.19. The molecule has 1 unspecified atom stereocenters. The van der Waals surface area contributed by atoms with E-state index in [4.69, 9.17) is 15.2 Å². The highest BCUT2D eigenvalue weighted by Gasteiger charge is 2.43. The minimum Gasteiger partial charge on any atom is -0.379 e. The molecular formula is C22H26FN3O5S. The van der Waals surface area contributed by atoms with Gasteiger partial charge < -0.3 is 25.1 Å². The third kappa shape index (κ3) is 3.41. The third-order valence-corrected chi connectivity index (χ3v) is 8.58. The molecule has 32 heavy (non-hydrogen) atoms. The number of amides is 1. The Balaban J connectivity index is 1.73. The minimum atomic E-state index is -3.52. The zero-order chi connectivity index (χ0) is 22.8. The number of benzene rings is 1. The molecule has 4 heterocycles. The van der Waals surface area contributed by atoms with Crippen molar-refractivity contribution in [1.82, 2.24) is 4.57 Å². The second-order valence-corrected chi connectivity index (χ2v) is 11.5. The Labute approximate surface area is 185 Å². The van der Waals surface area contributed by atoms with Crippen LogP contribution in [0.4, 0.5) is 10.1 Å². The lowest BCUT2D eigenvalue weighted by atomic mass is 9.89. The standard InChI is InChI=1S/C22H26FN3O5S/c1-22(2)7-17-20(32(28,29)11-22)14-9-31-10-18(14)26(17)13-5-15(23)19(21(24)27)16(6-13)25-12-3-4-30-8-12/h5-6,12,25H,3-4,7-11H2,1-2H3,(H2,24,27). The normalized spacial score (nSPS) is 23.0. The summed E-state index contributed by atoms with van der Waals surface area (Å²) >= 11 is 0. The summed E-state index contributed by atoms with van der Waals surface area (Å²) in [4.78, 5) is 12.3. The maximum Gasteiger partial charge on any atom is 0.253 e. The van der Waals surface area contributed by atoms with E-state index in [1.54, 1.807) is 10.6 Å². The topological polar surface area (TPSA) is 113 Å². The maximum absolute atomic E-state index is 15.2. The average Bonchev–Trinajstić information content (AvgIpc) is 3.36. The number of halogens is 1. The largest absolute Gasteiger partial charge is 0.379 e. The van der Waals surface area contributed by atoms with Crippen molar-refractivity contribution in [3.8, 4) is 5.69 Å². The summed E-state index contributed by atoms with van der Waals surface area (Å²) in [5.41, 5.74) is 7.48. The molecule has 1 atom stereocenters. The van der Waals surface area contributed by atoms with E-state index in [1.165, 1.54) is 6.07 Å². The molecule has 0 aliphatic carbocycles. The van der Waals surface area contributed by atoms with Gasteiger partial charge in [0.25, 0.3) is 5.91 Å². The molecule has 0 saturated carbocycles. The van der Waals surface area contributed by atoms with Crippen molar-refractivity contribution >= 4 is 21.4 Å². The van der Waals surface area contributed by atoms with Crippen LogP contribution in [-0.4, -0.2) is 43.9 Å².